The van der Waals surface area contributed by atoms with Crippen LogP contribution in [0.2, 0.25) is 0 Å². The van der Waals surface area contributed by atoms with Gasteiger partial charge in [-0.2, -0.15) is 0 Å². The molecule has 28 heavy (non-hydrogen) atoms. The van der Waals surface area contributed by atoms with Gasteiger partial charge in [-0.1, -0.05) is 12.1 Å². The van der Waals surface area contributed by atoms with Crippen LogP contribution in [0.15, 0.2) is 54.1 Å². The summed E-state index contributed by atoms with van der Waals surface area (Å²) in [5.74, 6) is 0.215. The average Bonchev–Trinajstić information content (AvgIpc) is 2.67. The molecule has 1 aliphatic rings. The third-order valence-corrected chi connectivity index (χ3v) is 4.24. The Kier molecular flexibility index (Phi) is 5.54. The van der Waals surface area contributed by atoms with Gasteiger partial charge >= 0.3 is 12.0 Å². The van der Waals surface area contributed by atoms with Gasteiger partial charge in [0.25, 0.3) is 0 Å². The molecule has 1 heterocycles. The van der Waals surface area contributed by atoms with Crippen LogP contribution in [0.25, 0.3) is 5.70 Å². The Balaban J connectivity index is 2.15. The molecule has 7 nitrogen and oxygen atoms in total. The lowest BCUT2D eigenvalue weighted by molar-refractivity contribution is -0.143. The van der Waals surface area contributed by atoms with Crippen molar-refractivity contribution < 1.29 is 24.2 Å². The Bertz CT molecular complexity index is 901. The van der Waals surface area contributed by atoms with Gasteiger partial charge in [0.15, 0.2) is 0 Å². The summed E-state index contributed by atoms with van der Waals surface area (Å²) in [4.78, 5) is 25.3. The van der Waals surface area contributed by atoms with Gasteiger partial charge in [-0.3, -0.25) is 0 Å². The molecule has 0 aromatic heterocycles. The third-order valence-electron chi connectivity index (χ3n) is 4.24. The van der Waals surface area contributed by atoms with Crippen molar-refractivity contribution in [1.29, 1.82) is 0 Å². The predicted octanol–water partition coefficient (Wildman–Crippen LogP) is 3.12. The molecule has 7 heteroatoms. The van der Waals surface area contributed by atoms with Gasteiger partial charge in [0.05, 0.1) is 30.5 Å². The molecule has 0 radical (unpaired) electrons. The number of phenolic OH excluding ortho intramolecular Hbond substituents is 1. The summed E-state index contributed by atoms with van der Waals surface area (Å²) < 4.78 is 10.6. The zero-order valence-corrected chi connectivity index (χ0v) is 15.9. The van der Waals surface area contributed by atoms with E-state index in [4.69, 9.17) is 9.47 Å². The standard InChI is InChI=1S/C21H22N2O5/c1-12(2)28-20(25)17-18(13-4-8-15(24)9-5-13)22-21(26)23-19(17)14-6-10-16(27-3)11-7-14/h4-12,18,24H,1-3H3,(H2,22,23,26). The van der Waals surface area contributed by atoms with E-state index in [-0.39, 0.29) is 17.4 Å². The molecule has 2 aromatic carbocycles. The highest BCUT2D eigenvalue weighted by molar-refractivity contribution is 6.04. The lowest BCUT2D eigenvalue weighted by atomic mass is 9.92. The van der Waals surface area contributed by atoms with Crippen LogP contribution in [-0.4, -0.2) is 30.3 Å². The molecule has 0 fully saturated rings. The van der Waals surface area contributed by atoms with E-state index in [2.05, 4.69) is 10.6 Å². The maximum atomic E-state index is 12.9. The summed E-state index contributed by atoms with van der Waals surface area (Å²) in [5, 5.41) is 15.1. The Morgan fingerprint density at radius 3 is 2.29 bits per heavy atom. The van der Waals surface area contributed by atoms with Crippen LogP contribution in [-0.2, 0) is 9.53 Å². The Morgan fingerprint density at radius 2 is 1.71 bits per heavy atom. The number of carbonyl (C=O) groups is 2. The molecule has 0 saturated carbocycles. The molecular formula is C21H22N2O5. The van der Waals surface area contributed by atoms with Gasteiger partial charge in [-0.05, 0) is 61.4 Å². The molecule has 3 N–H and O–H groups in total. The zero-order valence-electron chi connectivity index (χ0n) is 15.9. The molecular weight excluding hydrogens is 360 g/mol. The summed E-state index contributed by atoms with van der Waals surface area (Å²) in [6.07, 6.45) is -0.324. The molecule has 146 valence electrons. The maximum absolute atomic E-state index is 12.9. The number of rotatable bonds is 5. The highest BCUT2D eigenvalue weighted by atomic mass is 16.5. The minimum absolute atomic E-state index is 0.0923. The fourth-order valence-corrected chi connectivity index (χ4v) is 2.96. The van der Waals surface area contributed by atoms with Crippen LogP contribution < -0.4 is 15.4 Å². The number of benzene rings is 2. The van der Waals surface area contributed by atoms with E-state index in [1.54, 1.807) is 57.4 Å². The second-order valence-corrected chi connectivity index (χ2v) is 6.59. The number of hydrogen-bond acceptors (Lipinski definition) is 5. The molecule has 0 saturated heterocycles. The Hall–Kier alpha value is -3.48. The minimum Gasteiger partial charge on any atom is -0.508 e. The molecule has 1 unspecified atom stereocenters. The van der Waals surface area contributed by atoms with Gasteiger partial charge in [0.1, 0.15) is 11.5 Å². The number of esters is 1. The first-order valence-corrected chi connectivity index (χ1v) is 8.85. The fraction of sp³-hybridized carbons (Fsp3) is 0.238. The van der Waals surface area contributed by atoms with Gasteiger partial charge in [0.2, 0.25) is 0 Å². The van der Waals surface area contributed by atoms with E-state index in [1.807, 2.05) is 0 Å². The minimum atomic E-state index is -0.724. The quantitative estimate of drug-likeness (QED) is 0.691. The average molecular weight is 382 g/mol. The Labute approximate surface area is 163 Å². The van der Waals surface area contributed by atoms with Gasteiger partial charge in [-0.15, -0.1) is 0 Å². The molecule has 0 spiro atoms. The molecule has 2 amide bonds. The van der Waals surface area contributed by atoms with Crippen LogP contribution in [0.4, 0.5) is 4.79 Å². The maximum Gasteiger partial charge on any atom is 0.338 e. The van der Waals surface area contributed by atoms with Gasteiger partial charge < -0.3 is 25.2 Å². The molecule has 1 aliphatic heterocycles. The van der Waals surface area contributed by atoms with Crippen molar-refractivity contribution in [3.05, 3.63) is 65.2 Å². The molecule has 3 rings (SSSR count). The van der Waals surface area contributed by atoms with Crippen molar-refractivity contribution in [3.8, 4) is 11.5 Å². The monoisotopic (exact) mass is 382 g/mol. The highest BCUT2D eigenvalue weighted by Crippen LogP contribution is 2.33. The van der Waals surface area contributed by atoms with Crippen molar-refractivity contribution in [2.75, 3.05) is 7.11 Å². The number of aromatic hydroxyl groups is 1. The summed E-state index contributed by atoms with van der Waals surface area (Å²) in [5.41, 5.74) is 1.95. The lowest BCUT2D eigenvalue weighted by Gasteiger charge is -2.30. The van der Waals surface area contributed by atoms with E-state index < -0.39 is 18.0 Å². The second-order valence-electron chi connectivity index (χ2n) is 6.59. The summed E-state index contributed by atoms with van der Waals surface area (Å²) in [6.45, 7) is 3.52. The van der Waals surface area contributed by atoms with Gasteiger partial charge in [0, 0.05) is 0 Å². The third kappa shape index (κ3) is 4.09. The van der Waals surface area contributed by atoms with E-state index >= 15 is 0 Å². The molecule has 0 aliphatic carbocycles. The van der Waals surface area contributed by atoms with Crippen molar-refractivity contribution in [2.45, 2.75) is 26.0 Å². The summed E-state index contributed by atoms with van der Waals surface area (Å²) in [7, 11) is 1.56. The van der Waals surface area contributed by atoms with E-state index in [0.717, 1.165) is 0 Å². The smallest absolute Gasteiger partial charge is 0.338 e. The van der Waals surface area contributed by atoms with Crippen molar-refractivity contribution in [1.82, 2.24) is 10.6 Å². The number of urea groups is 1. The largest absolute Gasteiger partial charge is 0.508 e. The molecule has 1 atom stereocenters. The summed E-state index contributed by atoms with van der Waals surface area (Å²) in [6, 6.07) is 12.2. The van der Waals surface area contributed by atoms with Crippen LogP contribution in [0.3, 0.4) is 0 Å². The number of ether oxygens (including phenoxy) is 2. The summed E-state index contributed by atoms with van der Waals surface area (Å²) >= 11 is 0. The predicted molar refractivity (Wildman–Crippen MR) is 104 cm³/mol. The zero-order chi connectivity index (χ0) is 20.3. The number of phenols is 1. The fourth-order valence-electron chi connectivity index (χ4n) is 2.96. The van der Waals surface area contributed by atoms with Crippen LogP contribution in [0.1, 0.15) is 31.0 Å². The lowest BCUT2D eigenvalue weighted by Crippen LogP contribution is -2.45. The number of carbonyl (C=O) groups excluding carboxylic acids is 2. The first-order chi connectivity index (χ1) is 13.4. The van der Waals surface area contributed by atoms with E-state index in [9.17, 15) is 14.7 Å². The Morgan fingerprint density at radius 1 is 1.07 bits per heavy atom. The van der Waals surface area contributed by atoms with Gasteiger partial charge in [-0.25, -0.2) is 9.59 Å². The van der Waals surface area contributed by atoms with Crippen molar-refractivity contribution >= 4 is 17.7 Å². The second kappa shape index (κ2) is 8.04. The first-order valence-electron chi connectivity index (χ1n) is 8.85. The highest BCUT2D eigenvalue weighted by Gasteiger charge is 2.34. The van der Waals surface area contributed by atoms with Crippen molar-refractivity contribution in [2.24, 2.45) is 0 Å². The first kappa shape index (κ1) is 19.3. The molecule has 0 bridgehead atoms. The van der Waals surface area contributed by atoms with Crippen LogP contribution in [0.5, 0.6) is 11.5 Å². The van der Waals surface area contributed by atoms with Crippen LogP contribution in [0, 0.1) is 0 Å². The number of amides is 2. The van der Waals surface area contributed by atoms with E-state index in [1.165, 1.54) is 12.1 Å². The van der Waals surface area contributed by atoms with Crippen molar-refractivity contribution in [3.63, 3.8) is 0 Å². The number of methoxy groups -OCH3 is 1. The topological polar surface area (TPSA) is 96.9 Å². The van der Waals surface area contributed by atoms with E-state index in [0.29, 0.717) is 22.6 Å². The van der Waals surface area contributed by atoms with Crippen LogP contribution >= 0.6 is 0 Å². The number of hydrogen-bond donors (Lipinski definition) is 3. The SMILES string of the molecule is COc1ccc(C2=C(C(=O)OC(C)C)C(c3ccc(O)cc3)NC(=O)N2)cc1. The normalized spacial score (nSPS) is 16.4. The number of nitrogens with one attached hydrogen (secondary N) is 2. The molecule has 2 aromatic rings.